The molecule has 0 unspecified atom stereocenters. The zero-order chi connectivity index (χ0) is 19.5. The van der Waals surface area contributed by atoms with Crippen LogP contribution in [-0.4, -0.2) is 38.5 Å². The van der Waals surface area contributed by atoms with Gasteiger partial charge in [0.25, 0.3) is 0 Å². The highest BCUT2D eigenvalue weighted by atomic mass is 32.1. The predicted molar refractivity (Wildman–Crippen MR) is 119 cm³/mol. The number of aryl methyl sites for hydroxylation is 1. The van der Waals surface area contributed by atoms with E-state index in [-0.39, 0.29) is 25.2 Å². The van der Waals surface area contributed by atoms with Crippen LogP contribution in [0.3, 0.4) is 0 Å². The average Bonchev–Trinajstić information content (AvgIpc) is 2.73. The molecule has 3 heterocycles. The van der Waals surface area contributed by atoms with Crippen molar-refractivity contribution in [1.29, 1.82) is 0 Å². The molecule has 0 radical (unpaired) electrons. The number of nitrogens with one attached hydrogen (secondary N) is 1. The van der Waals surface area contributed by atoms with Crippen LogP contribution in [0.5, 0.6) is 0 Å². The van der Waals surface area contributed by atoms with Gasteiger partial charge in [-0.1, -0.05) is 19.1 Å². The summed E-state index contributed by atoms with van der Waals surface area (Å²) in [6.45, 7) is 4.60. The number of nitrogens with zero attached hydrogens (tertiary/aromatic N) is 5. The minimum Gasteiger partial charge on any atom is -0.369 e. The third-order valence-electron chi connectivity index (χ3n) is 4.73. The number of rotatable bonds is 5. The number of carbonyl (C=O) groups is 1. The molecule has 1 atom stereocenters. The van der Waals surface area contributed by atoms with Gasteiger partial charge in [0.2, 0.25) is 0 Å². The lowest BCUT2D eigenvalue weighted by Gasteiger charge is -2.19. The zero-order valence-corrected chi connectivity index (χ0v) is 17.3. The van der Waals surface area contributed by atoms with Crippen LogP contribution in [0.2, 0.25) is 0 Å². The Labute approximate surface area is 176 Å². The molecule has 0 saturated carbocycles. The molecule has 8 heteroatoms. The van der Waals surface area contributed by atoms with E-state index in [1.807, 2.05) is 31.2 Å². The van der Waals surface area contributed by atoms with Gasteiger partial charge in [0.15, 0.2) is 5.78 Å². The summed E-state index contributed by atoms with van der Waals surface area (Å²) in [4.78, 5) is 33.6. The van der Waals surface area contributed by atoms with Crippen molar-refractivity contribution in [2.75, 3.05) is 11.9 Å². The molecule has 0 bridgehead atoms. The highest BCUT2D eigenvalue weighted by Gasteiger charge is 2.20. The van der Waals surface area contributed by atoms with Crippen molar-refractivity contribution in [3.05, 3.63) is 59.9 Å². The fraction of sp³-hybridized carbons (Fsp3) is 0.238. The topological polar surface area (TPSA) is 93.0 Å². The second-order valence-electron chi connectivity index (χ2n) is 6.77. The third-order valence-corrected chi connectivity index (χ3v) is 4.73. The summed E-state index contributed by atoms with van der Waals surface area (Å²) in [5.41, 5.74) is 4.14. The average molecular weight is 407 g/mol. The minimum absolute atomic E-state index is 0. The number of carbonyl (C=O) groups excluding carboxylic acids is 1. The lowest BCUT2D eigenvalue weighted by Crippen LogP contribution is -2.13. The fourth-order valence-electron chi connectivity index (χ4n) is 3.16. The molecule has 1 aliphatic rings. The number of para-hydroxylation sites is 1. The Morgan fingerprint density at radius 3 is 2.72 bits per heavy atom. The second kappa shape index (κ2) is 8.91. The Bertz CT molecular complexity index is 1050. The van der Waals surface area contributed by atoms with E-state index in [4.69, 9.17) is 0 Å². The third kappa shape index (κ3) is 4.48. The first-order chi connectivity index (χ1) is 13.6. The van der Waals surface area contributed by atoms with Gasteiger partial charge in [0.05, 0.1) is 11.4 Å². The van der Waals surface area contributed by atoms with Crippen molar-refractivity contribution in [3.8, 4) is 11.3 Å². The number of benzene rings is 1. The molecule has 3 aromatic rings. The summed E-state index contributed by atoms with van der Waals surface area (Å²) in [7, 11) is 0. The molecule has 148 valence electrons. The number of fused-ring (bicyclic) bond motifs is 1. The van der Waals surface area contributed by atoms with E-state index in [0.717, 1.165) is 34.2 Å². The predicted octanol–water partition coefficient (Wildman–Crippen LogP) is 3.86. The normalized spacial score (nSPS) is 13.4. The zero-order valence-electron chi connectivity index (χ0n) is 16.3. The molecule has 0 saturated heterocycles. The van der Waals surface area contributed by atoms with E-state index in [9.17, 15) is 4.79 Å². The van der Waals surface area contributed by atoms with E-state index >= 15 is 0 Å². The van der Waals surface area contributed by atoms with Crippen molar-refractivity contribution in [3.63, 3.8) is 0 Å². The molecule has 0 spiro atoms. The highest BCUT2D eigenvalue weighted by molar-refractivity contribution is 7.59. The molecule has 0 aliphatic carbocycles. The van der Waals surface area contributed by atoms with E-state index < -0.39 is 0 Å². The highest BCUT2D eigenvalue weighted by Crippen LogP contribution is 2.33. The van der Waals surface area contributed by atoms with Gasteiger partial charge in [-0.3, -0.25) is 9.79 Å². The van der Waals surface area contributed by atoms with Gasteiger partial charge < -0.3 is 5.32 Å². The summed E-state index contributed by atoms with van der Waals surface area (Å²) in [6, 6.07) is 7.67. The van der Waals surface area contributed by atoms with E-state index in [1.165, 1.54) is 6.33 Å². The number of aromatic nitrogens is 4. The van der Waals surface area contributed by atoms with Crippen molar-refractivity contribution in [1.82, 2.24) is 19.9 Å². The van der Waals surface area contributed by atoms with Gasteiger partial charge in [-0.15, -0.1) is 0 Å². The maximum Gasteiger partial charge on any atom is 0.170 e. The molecule has 4 rings (SSSR count). The Kier molecular flexibility index (Phi) is 6.33. The standard InChI is InChI=1S/C21H20N6O.H2S/c1-13(16-4-3-5-17-19(28)6-7-22-21(16)17)9-25-20-8-18(26-12-27-20)15-10-23-14(2)24-11-15;/h3-5,7-8,10-13H,6,9H2,1-2H3,(H,25,26,27);1H2/t13-;/m1./s1. The quantitative estimate of drug-likeness (QED) is 0.692. The molecule has 2 aromatic heterocycles. The maximum atomic E-state index is 12.1. The number of aliphatic imine (C=N–C) groups is 1. The summed E-state index contributed by atoms with van der Waals surface area (Å²) in [5.74, 6) is 1.71. The molecular formula is C21H22N6OS. The Hall–Kier alpha value is -3.13. The van der Waals surface area contributed by atoms with Gasteiger partial charge >= 0.3 is 0 Å². The number of anilines is 1. The fourth-order valence-corrected chi connectivity index (χ4v) is 3.16. The van der Waals surface area contributed by atoms with Crippen molar-refractivity contribution < 1.29 is 4.79 Å². The van der Waals surface area contributed by atoms with Crippen LogP contribution < -0.4 is 5.32 Å². The van der Waals surface area contributed by atoms with Crippen molar-refractivity contribution in [2.45, 2.75) is 26.2 Å². The Morgan fingerprint density at radius 2 is 1.93 bits per heavy atom. The van der Waals surface area contributed by atoms with Crippen molar-refractivity contribution in [2.24, 2.45) is 4.99 Å². The molecule has 7 nitrogen and oxygen atoms in total. The summed E-state index contributed by atoms with van der Waals surface area (Å²) in [5, 5.41) is 3.35. The van der Waals surface area contributed by atoms with Gasteiger partial charge in [0, 0.05) is 54.7 Å². The SMILES string of the molecule is Cc1ncc(-c2cc(NC[C@@H](C)c3cccc4c3N=CCC4=O)ncn2)cn1.S. The lowest BCUT2D eigenvalue weighted by atomic mass is 9.93. The number of Topliss-reactive ketones (excluding diaryl/α,β-unsaturated/α-hetero) is 1. The first-order valence-electron chi connectivity index (χ1n) is 9.15. The molecule has 0 fully saturated rings. The Balaban J connectivity index is 0.00000240. The number of hydrogen-bond donors (Lipinski definition) is 1. The molecule has 1 aliphatic heterocycles. The van der Waals surface area contributed by atoms with Crippen LogP contribution in [0.1, 0.15) is 41.0 Å². The first-order valence-corrected chi connectivity index (χ1v) is 9.15. The van der Waals surface area contributed by atoms with Gasteiger partial charge in [-0.25, -0.2) is 19.9 Å². The van der Waals surface area contributed by atoms with E-state index in [0.29, 0.717) is 18.5 Å². The number of hydrogen-bond acceptors (Lipinski definition) is 7. The summed E-state index contributed by atoms with van der Waals surface area (Å²) >= 11 is 0. The minimum atomic E-state index is 0. The Morgan fingerprint density at radius 1 is 1.14 bits per heavy atom. The van der Waals surface area contributed by atoms with Gasteiger partial charge in [-0.2, -0.15) is 13.5 Å². The largest absolute Gasteiger partial charge is 0.369 e. The van der Waals surface area contributed by atoms with E-state index in [2.05, 4.69) is 37.2 Å². The van der Waals surface area contributed by atoms with E-state index in [1.54, 1.807) is 18.6 Å². The van der Waals surface area contributed by atoms with Crippen LogP contribution in [0.4, 0.5) is 11.5 Å². The number of ketones is 1. The molecule has 1 aromatic carbocycles. The van der Waals surface area contributed by atoms with Crippen molar-refractivity contribution >= 4 is 37.0 Å². The van der Waals surface area contributed by atoms with Crippen LogP contribution in [0, 0.1) is 6.92 Å². The molecule has 29 heavy (non-hydrogen) atoms. The van der Waals surface area contributed by atoms with Crippen LogP contribution in [-0.2, 0) is 0 Å². The molecular weight excluding hydrogens is 384 g/mol. The van der Waals surface area contributed by atoms with Gasteiger partial charge in [0.1, 0.15) is 18.0 Å². The molecule has 0 amide bonds. The van der Waals surface area contributed by atoms with Crippen LogP contribution >= 0.6 is 13.5 Å². The summed E-state index contributed by atoms with van der Waals surface area (Å²) < 4.78 is 0. The lowest BCUT2D eigenvalue weighted by molar-refractivity contribution is 0.100. The smallest absolute Gasteiger partial charge is 0.170 e. The second-order valence-corrected chi connectivity index (χ2v) is 6.77. The van der Waals surface area contributed by atoms with Crippen LogP contribution in [0.15, 0.2) is 48.0 Å². The maximum absolute atomic E-state index is 12.1. The molecule has 1 N–H and O–H groups in total. The van der Waals surface area contributed by atoms with Crippen LogP contribution in [0.25, 0.3) is 11.3 Å². The first kappa shape index (κ1) is 20.6. The van der Waals surface area contributed by atoms with Gasteiger partial charge in [-0.05, 0) is 18.6 Å². The monoisotopic (exact) mass is 406 g/mol. The summed E-state index contributed by atoms with van der Waals surface area (Å²) in [6.07, 6.45) is 7.09.